The summed E-state index contributed by atoms with van der Waals surface area (Å²) in [6, 6.07) is 12.0. The number of aromatic amines is 1. The highest BCUT2D eigenvalue weighted by molar-refractivity contribution is 6.32. The Morgan fingerprint density at radius 2 is 2.08 bits per heavy atom. The number of benzene rings is 2. The normalized spacial score (nSPS) is 11.7. The molecule has 0 amide bonds. The average Bonchev–Trinajstić information content (AvgIpc) is 2.86. The average molecular weight is 357 g/mol. The second kappa shape index (κ2) is 6.91. The quantitative estimate of drug-likeness (QED) is 0.752. The summed E-state index contributed by atoms with van der Waals surface area (Å²) in [6.45, 7) is 6.16. The lowest BCUT2D eigenvalue weighted by Crippen LogP contribution is -2.34. The topological polar surface area (TPSA) is 67.2 Å². The molecule has 0 unspecified atom stereocenters. The Hall–Kier alpha value is -2.92. The molecule has 3 aromatic rings. The summed E-state index contributed by atoms with van der Waals surface area (Å²) < 4.78 is 6.73. The number of rotatable bonds is 4. The van der Waals surface area contributed by atoms with E-state index in [1.165, 1.54) is 10.7 Å². The maximum atomic E-state index is 12.7. The van der Waals surface area contributed by atoms with Gasteiger partial charge >= 0.3 is 0 Å². The Kier molecular flexibility index (Phi) is 4.67. The number of hydrogen-bond acceptors (Lipinski definition) is 3. The summed E-state index contributed by atoms with van der Waals surface area (Å²) in [7, 11) is 0. The first-order chi connectivity index (χ1) is 12.0. The van der Waals surface area contributed by atoms with Crippen molar-refractivity contribution in [3.8, 4) is 17.2 Å². The van der Waals surface area contributed by atoms with Crippen molar-refractivity contribution in [1.29, 1.82) is 0 Å². The molecule has 0 aliphatic carbocycles. The van der Waals surface area contributed by atoms with Gasteiger partial charge in [0, 0.05) is 0 Å². The van der Waals surface area contributed by atoms with Crippen LogP contribution in [0.15, 0.2) is 47.3 Å². The summed E-state index contributed by atoms with van der Waals surface area (Å²) >= 11 is 6.17. The van der Waals surface area contributed by atoms with Crippen molar-refractivity contribution in [1.82, 2.24) is 9.78 Å². The van der Waals surface area contributed by atoms with Crippen LogP contribution in [-0.4, -0.2) is 21.5 Å². The van der Waals surface area contributed by atoms with Gasteiger partial charge in [0.15, 0.2) is 11.5 Å². The highest BCUT2D eigenvalue weighted by Crippen LogP contribution is 2.26. The Morgan fingerprint density at radius 1 is 1.32 bits per heavy atom. The SMILES string of the molecule is C=c1[nH]n(-c2ccccc2Cl)c(=O)c1=Cc1ccc(O)c(OCC)c1. The fourth-order valence-corrected chi connectivity index (χ4v) is 2.73. The first kappa shape index (κ1) is 16.9. The lowest BCUT2D eigenvalue weighted by atomic mass is 10.1. The molecule has 25 heavy (non-hydrogen) atoms. The van der Waals surface area contributed by atoms with Crippen molar-refractivity contribution in [3.63, 3.8) is 0 Å². The smallest absolute Gasteiger partial charge is 0.279 e. The van der Waals surface area contributed by atoms with E-state index in [4.69, 9.17) is 16.3 Å². The molecule has 128 valence electrons. The van der Waals surface area contributed by atoms with E-state index in [9.17, 15) is 9.90 Å². The number of para-hydroxylation sites is 1. The molecule has 2 N–H and O–H groups in total. The van der Waals surface area contributed by atoms with Crippen LogP contribution in [0, 0.1) is 0 Å². The third-order valence-corrected chi connectivity index (χ3v) is 4.01. The Bertz CT molecular complexity index is 1080. The number of nitrogens with zero attached hydrogens (tertiary/aromatic N) is 1. The van der Waals surface area contributed by atoms with Crippen LogP contribution in [-0.2, 0) is 0 Å². The predicted molar refractivity (Wildman–Crippen MR) is 99.0 cm³/mol. The number of nitrogens with one attached hydrogen (secondary N) is 1. The van der Waals surface area contributed by atoms with Crippen LogP contribution in [0.25, 0.3) is 18.3 Å². The number of H-pyrrole nitrogens is 1. The van der Waals surface area contributed by atoms with Crippen molar-refractivity contribution in [2.45, 2.75) is 6.92 Å². The Balaban J connectivity index is 2.15. The van der Waals surface area contributed by atoms with Crippen molar-refractivity contribution in [3.05, 3.63) is 74.0 Å². The lowest BCUT2D eigenvalue weighted by molar-refractivity contribution is 0.318. The maximum absolute atomic E-state index is 12.7. The van der Waals surface area contributed by atoms with Crippen molar-refractivity contribution < 1.29 is 9.84 Å². The molecule has 3 rings (SSSR count). The molecule has 0 saturated heterocycles. The van der Waals surface area contributed by atoms with E-state index in [0.29, 0.717) is 39.2 Å². The van der Waals surface area contributed by atoms with Crippen LogP contribution in [0.3, 0.4) is 0 Å². The molecular weight excluding hydrogens is 340 g/mol. The van der Waals surface area contributed by atoms with Crippen LogP contribution in [0.4, 0.5) is 0 Å². The van der Waals surface area contributed by atoms with E-state index >= 15 is 0 Å². The minimum Gasteiger partial charge on any atom is -0.504 e. The molecule has 1 aromatic heterocycles. The van der Waals surface area contributed by atoms with Gasteiger partial charge in [0.2, 0.25) is 0 Å². The van der Waals surface area contributed by atoms with E-state index < -0.39 is 0 Å². The van der Waals surface area contributed by atoms with Gasteiger partial charge in [-0.3, -0.25) is 9.89 Å². The molecule has 0 bridgehead atoms. The highest BCUT2D eigenvalue weighted by atomic mass is 35.5. The largest absolute Gasteiger partial charge is 0.504 e. The number of aromatic hydroxyl groups is 1. The second-order valence-electron chi connectivity index (χ2n) is 5.40. The third-order valence-electron chi connectivity index (χ3n) is 3.69. The number of phenolic OH excluding ortho intramolecular Hbond substituents is 1. The van der Waals surface area contributed by atoms with Crippen LogP contribution in [0.2, 0.25) is 5.02 Å². The summed E-state index contributed by atoms with van der Waals surface area (Å²) in [6.07, 6.45) is 1.69. The van der Waals surface area contributed by atoms with E-state index in [-0.39, 0.29) is 11.3 Å². The molecule has 0 radical (unpaired) electrons. The number of halogens is 1. The first-order valence-corrected chi connectivity index (χ1v) is 8.11. The van der Waals surface area contributed by atoms with Crippen molar-refractivity contribution in [2.24, 2.45) is 0 Å². The molecule has 0 spiro atoms. The van der Waals surface area contributed by atoms with Gasteiger partial charge in [-0.15, -0.1) is 0 Å². The summed E-state index contributed by atoms with van der Waals surface area (Å²) in [4.78, 5) is 12.7. The number of phenols is 1. The molecule has 1 heterocycles. The van der Waals surface area contributed by atoms with Gasteiger partial charge in [0.25, 0.3) is 5.56 Å². The molecule has 2 aromatic carbocycles. The Labute approximate surface area is 149 Å². The zero-order chi connectivity index (χ0) is 18.0. The van der Waals surface area contributed by atoms with Crippen LogP contribution >= 0.6 is 11.6 Å². The van der Waals surface area contributed by atoms with E-state index in [0.717, 1.165) is 0 Å². The van der Waals surface area contributed by atoms with Gasteiger partial charge in [0.05, 0.1) is 27.9 Å². The van der Waals surface area contributed by atoms with Gasteiger partial charge in [-0.1, -0.05) is 36.4 Å². The van der Waals surface area contributed by atoms with Gasteiger partial charge < -0.3 is 9.84 Å². The minimum atomic E-state index is -0.260. The number of ether oxygens (including phenoxy) is 1. The fraction of sp³-hybridized carbons (Fsp3) is 0.105. The molecule has 5 nitrogen and oxygen atoms in total. The maximum Gasteiger partial charge on any atom is 0.279 e. The van der Waals surface area contributed by atoms with Gasteiger partial charge in [-0.05, 0) is 42.8 Å². The number of aromatic nitrogens is 2. The summed E-state index contributed by atoms with van der Waals surface area (Å²) in [5, 5.41) is 14.1. The zero-order valence-corrected chi connectivity index (χ0v) is 14.4. The third kappa shape index (κ3) is 3.32. The van der Waals surface area contributed by atoms with Gasteiger partial charge in [-0.2, -0.15) is 0 Å². The number of hydrogen-bond donors (Lipinski definition) is 2. The fourth-order valence-electron chi connectivity index (χ4n) is 2.51. The molecule has 6 heteroatoms. The molecule has 0 saturated carbocycles. The molecule has 0 fully saturated rings. The minimum absolute atomic E-state index is 0.0522. The van der Waals surface area contributed by atoms with Crippen molar-refractivity contribution >= 4 is 24.3 Å². The standard InChI is InChI=1S/C19H17ClN2O3/c1-3-25-18-11-13(8-9-17(18)23)10-14-12(2)21-22(19(14)24)16-7-5-4-6-15(16)20/h4-11,21,23H,2-3H2,1H3. The van der Waals surface area contributed by atoms with Gasteiger partial charge in [0.1, 0.15) is 0 Å². The highest BCUT2D eigenvalue weighted by Gasteiger charge is 2.08. The van der Waals surface area contributed by atoms with E-state index in [1.807, 2.05) is 6.92 Å². The molecular formula is C19H17ClN2O3. The zero-order valence-electron chi connectivity index (χ0n) is 13.6. The van der Waals surface area contributed by atoms with Crippen LogP contribution < -0.4 is 20.9 Å². The molecule has 0 aliphatic rings. The molecule has 0 atom stereocenters. The second-order valence-corrected chi connectivity index (χ2v) is 5.81. The van der Waals surface area contributed by atoms with E-state index in [2.05, 4.69) is 11.7 Å². The molecule has 0 aliphatic heterocycles. The van der Waals surface area contributed by atoms with Crippen LogP contribution in [0.5, 0.6) is 11.5 Å². The summed E-state index contributed by atoms with van der Waals surface area (Å²) in [5.74, 6) is 0.417. The lowest BCUT2D eigenvalue weighted by Gasteiger charge is -2.05. The summed E-state index contributed by atoms with van der Waals surface area (Å²) in [5.41, 5.74) is 1.01. The monoisotopic (exact) mass is 356 g/mol. The van der Waals surface area contributed by atoms with Crippen LogP contribution in [0.1, 0.15) is 12.5 Å². The predicted octanol–water partition coefficient (Wildman–Crippen LogP) is 2.16. The Morgan fingerprint density at radius 3 is 2.80 bits per heavy atom. The first-order valence-electron chi connectivity index (χ1n) is 7.73. The van der Waals surface area contributed by atoms with Crippen molar-refractivity contribution in [2.75, 3.05) is 6.61 Å². The van der Waals surface area contributed by atoms with E-state index in [1.54, 1.807) is 42.5 Å². The van der Waals surface area contributed by atoms with Gasteiger partial charge in [-0.25, -0.2) is 4.68 Å².